The van der Waals surface area contributed by atoms with Gasteiger partial charge in [-0.15, -0.1) is 11.8 Å². The molecule has 1 aromatic heterocycles. The first-order valence-electron chi connectivity index (χ1n) is 9.33. The highest BCUT2D eigenvalue weighted by atomic mass is 32.2. The molecule has 3 aromatic rings. The largest absolute Gasteiger partial charge is 0.319 e. The highest BCUT2D eigenvalue weighted by Crippen LogP contribution is 2.22. The fourth-order valence-electron chi connectivity index (χ4n) is 3.07. The van der Waals surface area contributed by atoms with Gasteiger partial charge in [0.25, 0.3) is 5.56 Å². The number of nitrogens with zero attached hydrogens (tertiary/aromatic N) is 2. The number of nitrogens with one attached hydrogen (secondary N) is 1. The standard InChI is InChI=1S/C22H25N3O2S/c1-4-19(28-15-17-11-7-5-8-12-17)21(26)23-20-16(2)24(3)25(22(20)27)18-13-9-6-10-14-18/h5-14,19H,4,15H2,1-3H3,(H,23,26). The molecule has 0 aliphatic carbocycles. The second kappa shape index (κ2) is 8.97. The van der Waals surface area contributed by atoms with Crippen molar-refractivity contribution in [3.8, 4) is 5.69 Å². The summed E-state index contributed by atoms with van der Waals surface area (Å²) in [7, 11) is 1.82. The molecule has 5 nitrogen and oxygen atoms in total. The lowest BCUT2D eigenvalue weighted by Gasteiger charge is -2.14. The van der Waals surface area contributed by atoms with Crippen molar-refractivity contribution in [3.63, 3.8) is 0 Å². The molecule has 1 atom stereocenters. The average molecular weight is 396 g/mol. The first kappa shape index (κ1) is 20.0. The van der Waals surface area contributed by atoms with Gasteiger partial charge in [0.05, 0.1) is 16.6 Å². The summed E-state index contributed by atoms with van der Waals surface area (Å²) in [5.41, 5.74) is 2.80. The van der Waals surface area contributed by atoms with Gasteiger partial charge in [-0.3, -0.25) is 14.3 Å². The van der Waals surface area contributed by atoms with Crippen LogP contribution >= 0.6 is 11.8 Å². The van der Waals surface area contributed by atoms with Crippen molar-refractivity contribution in [2.24, 2.45) is 7.05 Å². The quantitative estimate of drug-likeness (QED) is 0.654. The number of carbonyl (C=O) groups excluding carboxylic acids is 1. The Labute approximate surface area is 169 Å². The smallest absolute Gasteiger partial charge is 0.295 e. The van der Waals surface area contributed by atoms with Crippen LogP contribution in [0.15, 0.2) is 65.5 Å². The van der Waals surface area contributed by atoms with Crippen molar-refractivity contribution in [2.75, 3.05) is 5.32 Å². The van der Waals surface area contributed by atoms with Crippen LogP contribution in [0.25, 0.3) is 5.69 Å². The molecular formula is C22H25N3O2S. The number of para-hydroxylation sites is 1. The average Bonchev–Trinajstić information content (AvgIpc) is 2.93. The van der Waals surface area contributed by atoms with E-state index in [1.807, 2.05) is 69.4 Å². The van der Waals surface area contributed by atoms with Gasteiger partial charge in [0.15, 0.2) is 0 Å². The lowest BCUT2D eigenvalue weighted by atomic mass is 10.2. The van der Waals surface area contributed by atoms with E-state index >= 15 is 0 Å². The topological polar surface area (TPSA) is 56.0 Å². The normalized spacial score (nSPS) is 12.0. The van der Waals surface area contributed by atoms with E-state index in [0.717, 1.165) is 17.1 Å². The zero-order valence-corrected chi connectivity index (χ0v) is 17.2. The Morgan fingerprint density at radius 1 is 1.07 bits per heavy atom. The summed E-state index contributed by atoms with van der Waals surface area (Å²) in [6.07, 6.45) is 0.697. The van der Waals surface area contributed by atoms with E-state index in [2.05, 4.69) is 17.4 Å². The lowest BCUT2D eigenvalue weighted by molar-refractivity contribution is -0.115. The van der Waals surface area contributed by atoms with Crippen molar-refractivity contribution in [1.82, 2.24) is 9.36 Å². The van der Waals surface area contributed by atoms with E-state index in [4.69, 9.17) is 0 Å². The van der Waals surface area contributed by atoms with Gasteiger partial charge in [0.1, 0.15) is 5.69 Å². The number of aromatic nitrogens is 2. The Kier molecular flexibility index (Phi) is 6.41. The molecule has 1 heterocycles. The van der Waals surface area contributed by atoms with Crippen molar-refractivity contribution in [2.45, 2.75) is 31.3 Å². The van der Waals surface area contributed by atoms with Crippen LogP contribution in [-0.4, -0.2) is 20.5 Å². The van der Waals surface area contributed by atoms with Gasteiger partial charge in [-0.1, -0.05) is 55.5 Å². The van der Waals surface area contributed by atoms with Crippen LogP contribution in [-0.2, 0) is 17.6 Å². The molecular weight excluding hydrogens is 370 g/mol. The van der Waals surface area contributed by atoms with Crippen molar-refractivity contribution in [3.05, 3.63) is 82.3 Å². The first-order chi connectivity index (χ1) is 13.5. The molecule has 1 amide bonds. The van der Waals surface area contributed by atoms with Crippen LogP contribution in [0.2, 0.25) is 0 Å². The van der Waals surface area contributed by atoms with E-state index in [1.54, 1.807) is 21.1 Å². The maximum absolute atomic E-state index is 13.0. The predicted molar refractivity (Wildman–Crippen MR) is 116 cm³/mol. The Morgan fingerprint density at radius 2 is 1.68 bits per heavy atom. The third-order valence-corrected chi connectivity index (χ3v) is 6.21. The van der Waals surface area contributed by atoms with Crippen LogP contribution in [0.4, 0.5) is 5.69 Å². The molecule has 0 bridgehead atoms. The molecule has 0 aliphatic heterocycles. The van der Waals surface area contributed by atoms with Gasteiger partial charge in [0, 0.05) is 12.8 Å². The Bertz CT molecular complexity index is 994. The number of hydrogen-bond acceptors (Lipinski definition) is 3. The van der Waals surface area contributed by atoms with E-state index in [0.29, 0.717) is 12.1 Å². The van der Waals surface area contributed by atoms with Gasteiger partial charge in [-0.2, -0.15) is 0 Å². The van der Waals surface area contributed by atoms with Crippen molar-refractivity contribution < 1.29 is 4.79 Å². The molecule has 1 N–H and O–H groups in total. The van der Waals surface area contributed by atoms with E-state index in [9.17, 15) is 9.59 Å². The molecule has 0 aliphatic rings. The van der Waals surface area contributed by atoms with Crippen LogP contribution in [0.1, 0.15) is 24.6 Å². The maximum atomic E-state index is 13.0. The highest BCUT2D eigenvalue weighted by molar-refractivity contribution is 7.99. The fourth-order valence-corrected chi connectivity index (χ4v) is 4.10. The zero-order valence-electron chi connectivity index (χ0n) is 16.4. The van der Waals surface area contributed by atoms with Crippen LogP contribution in [0.3, 0.4) is 0 Å². The molecule has 28 heavy (non-hydrogen) atoms. The third kappa shape index (κ3) is 4.22. The number of rotatable bonds is 7. The maximum Gasteiger partial charge on any atom is 0.295 e. The number of benzene rings is 2. The second-order valence-electron chi connectivity index (χ2n) is 6.62. The summed E-state index contributed by atoms with van der Waals surface area (Å²) in [6.45, 7) is 3.83. The summed E-state index contributed by atoms with van der Waals surface area (Å²) in [6, 6.07) is 19.5. The number of carbonyl (C=O) groups is 1. The first-order valence-corrected chi connectivity index (χ1v) is 10.4. The number of amides is 1. The minimum absolute atomic E-state index is 0.130. The van der Waals surface area contributed by atoms with Crippen LogP contribution in [0.5, 0.6) is 0 Å². The molecule has 0 fully saturated rings. The fraction of sp³-hybridized carbons (Fsp3) is 0.273. The minimum atomic E-state index is -0.220. The Morgan fingerprint density at radius 3 is 2.29 bits per heavy atom. The summed E-state index contributed by atoms with van der Waals surface area (Å²) >= 11 is 1.59. The highest BCUT2D eigenvalue weighted by Gasteiger charge is 2.22. The van der Waals surface area contributed by atoms with Gasteiger partial charge < -0.3 is 5.32 Å². The van der Waals surface area contributed by atoms with E-state index in [1.165, 1.54) is 5.56 Å². The van der Waals surface area contributed by atoms with Gasteiger partial charge in [0.2, 0.25) is 5.91 Å². The predicted octanol–water partition coefficient (Wildman–Crippen LogP) is 4.13. The third-order valence-electron chi connectivity index (χ3n) is 4.76. The van der Waals surface area contributed by atoms with Crippen LogP contribution < -0.4 is 10.9 Å². The minimum Gasteiger partial charge on any atom is -0.319 e. The summed E-state index contributed by atoms with van der Waals surface area (Å²) < 4.78 is 3.34. The van der Waals surface area contributed by atoms with Gasteiger partial charge >= 0.3 is 0 Å². The van der Waals surface area contributed by atoms with Crippen molar-refractivity contribution in [1.29, 1.82) is 0 Å². The molecule has 3 rings (SSSR count). The molecule has 0 spiro atoms. The Balaban J connectivity index is 1.78. The number of hydrogen-bond donors (Lipinski definition) is 1. The van der Waals surface area contributed by atoms with Gasteiger partial charge in [-0.05, 0) is 31.0 Å². The lowest BCUT2D eigenvalue weighted by Crippen LogP contribution is -2.28. The van der Waals surface area contributed by atoms with E-state index < -0.39 is 0 Å². The summed E-state index contributed by atoms with van der Waals surface area (Å²) in [4.78, 5) is 25.8. The monoisotopic (exact) mass is 395 g/mol. The molecule has 0 saturated carbocycles. The van der Waals surface area contributed by atoms with Crippen LogP contribution in [0, 0.1) is 6.92 Å². The number of anilines is 1. The summed E-state index contributed by atoms with van der Waals surface area (Å²) in [5.74, 6) is 0.629. The molecule has 0 saturated heterocycles. The van der Waals surface area contributed by atoms with Gasteiger partial charge in [-0.25, -0.2) is 4.68 Å². The zero-order chi connectivity index (χ0) is 20.1. The SMILES string of the molecule is CCC(SCc1ccccc1)C(=O)Nc1c(C)n(C)n(-c2ccccc2)c1=O. The Hall–Kier alpha value is -2.73. The number of thioether (sulfide) groups is 1. The summed E-state index contributed by atoms with van der Waals surface area (Å²) in [5, 5.41) is 2.66. The van der Waals surface area contributed by atoms with E-state index in [-0.39, 0.29) is 16.7 Å². The molecule has 2 aromatic carbocycles. The molecule has 1 unspecified atom stereocenters. The molecule has 6 heteroatoms. The molecule has 0 radical (unpaired) electrons. The molecule has 146 valence electrons. The second-order valence-corrected chi connectivity index (χ2v) is 7.81. The van der Waals surface area contributed by atoms with Crippen molar-refractivity contribution >= 4 is 23.4 Å².